The Bertz CT molecular complexity index is 2400. The third kappa shape index (κ3) is 11.4. The fraction of sp³-hybridized carbons (Fsp3) is 0.400. The van der Waals surface area contributed by atoms with Crippen LogP contribution in [-0.2, 0) is 39.8 Å². The van der Waals surface area contributed by atoms with Crippen LogP contribution in [0.1, 0.15) is 81.2 Å². The van der Waals surface area contributed by atoms with Gasteiger partial charge in [0.25, 0.3) is 0 Å². The van der Waals surface area contributed by atoms with Gasteiger partial charge in [-0.1, -0.05) is 60.7 Å². The van der Waals surface area contributed by atoms with Gasteiger partial charge in [-0.2, -0.15) is 0 Å². The van der Waals surface area contributed by atoms with Crippen LogP contribution in [0.2, 0.25) is 0 Å². The van der Waals surface area contributed by atoms with E-state index in [4.69, 9.17) is 23.7 Å². The number of hydrogen-bond acceptors (Lipinski definition) is 11. The molecule has 1 aliphatic heterocycles. The molecule has 0 aromatic heterocycles. The summed E-state index contributed by atoms with van der Waals surface area (Å²) >= 11 is 0. The standard InChI is InChI=1S/C50H59N5O11/c1-29-44(56)53-40(47(59)64-8)26-30-20-22-41(62-6)36(25-30)37-27-31(21-23-42(37)63-7)43(45(57)52-29)55(5)46(58)39(19-13-14-24-51-48(60)66-50(2,3)4)54-49(61)65-28-38-34-17-11-9-15-32(34)33-16-10-12-18-35(33)38/h9-12,15-18,20-23,25,27,29,38-40,43H,13-14,19,24,26,28H2,1-8H3,(H,51,60)(H,52,57)(H,53,56)(H,54,61)/t29-,39-,40-,43-/m0/s1. The Balaban J connectivity index is 1.32. The number of hydrogen-bond donors (Lipinski definition) is 4. The van der Waals surface area contributed by atoms with Gasteiger partial charge in [0.05, 0.1) is 21.3 Å². The number of nitrogens with zero attached hydrogens (tertiary/aromatic N) is 1. The number of rotatable bonds is 13. The number of unbranched alkanes of at least 4 members (excludes halogenated alkanes) is 1. The molecular formula is C50H59N5O11. The maximum Gasteiger partial charge on any atom is 0.407 e. The first kappa shape index (κ1) is 48.4. The molecule has 1 aliphatic carbocycles. The molecule has 0 radical (unpaired) electrons. The van der Waals surface area contributed by atoms with Crippen LogP contribution < -0.4 is 30.7 Å². The quantitative estimate of drug-likeness (QED) is 0.0678. The molecule has 6 rings (SSSR count). The number of likely N-dealkylation sites (N-methyl/N-ethyl adjacent to an activating group) is 1. The Morgan fingerprint density at radius 1 is 0.773 bits per heavy atom. The first-order chi connectivity index (χ1) is 31.5. The fourth-order valence-electron chi connectivity index (χ4n) is 8.37. The number of carbonyl (C=O) groups excluding carboxylic acids is 6. The molecule has 350 valence electrons. The lowest BCUT2D eigenvalue weighted by Crippen LogP contribution is -2.55. The largest absolute Gasteiger partial charge is 0.496 e. The molecule has 0 spiro atoms. The third-order valence-electron chi connectivity index (χ3n) is 11.6. The van der Waals surface area contributed by atoms with E-state index in [9.17, 15) is 28.8 Å². The summed E-state index contributed by atoms with van der Waals surface area (Å²) in [5.74, 6) is -2.07. The zero-order valence-corrected chi connectivity index (χ0v) is 38.7. The van der Waals surface area contributed by atoms with Gasteiger partial charge < -0.3 is 49.9 Å². The summed E-state index contributed by atoms with van der Waals surface area (Å²) in [5, 5.41) is 10.9. The van der Waals surface area contributed by atoms with Crippen LogP contribution in [0.5, 0.6) is 11.5 Å². The van der Waals surface area contributed by atoms with Crippen LogP contribution in [0.25, 0.3) is 22.3 Å². The first-order valence-corrected chi connectivity index (χ1v) is 21.9. The van der Waals surface area contributed by atoms with Crippen molar-refractivity contribution in [3.05, 3.63) is 107 Å². The molecule has 5 amide bonds. The van der Waals surface area contributed by atoms with Gasteiger partial charge in [0.15, 0.2) is 0 Å². The second-order valence-corrected chi connectivity index (χ2v) is 17.3. The van der Waals surface area contributed by atoms with Crippen LogP contribution in [0, 0.1) is 0 Å². The van der Waals surface area contributed by atoms with Gasteiger partial charge in [0.1, 0.15) is 47.9 Å². The third-order valence-corrected chi connectivity index (χ3v) is 11.6. The minimum atomic E-state index is -1.37. The summed E-state index contributed by atoms with van der Waals surface area (Å²) in [6, 6.07) is 21.3. The molecule has 0 saturated carbocycles. The topological polar surface area (TPSA) is 200 Å². The summed E-state index contributed by atoms with van der Waals surface area (Å²) in [7, 11) is 5.66. The Kier molecular flexibility index (Phi) is 15.6. The Labute approximate surface area is 385 Å². The van der Waals surface area contributed by atoms with Gasteiger partial charge >= 0.3 is 18.2 Å². The normalized spacial score (nSPS) is 17.3. The van der Waals surface area contributed by atoms with E-state index in [0.717, 1.165) is 22.3 Å². The highest BCUT2D eigenvalue weighted by Gasteiger charge is 2.37. The van der Waals surface area contributed by atoms with E-state index in [1.165, 1.54) is 40.2 Å². The van der Waals surface area contributed by atoms with Crippen LogP contribution >= 0.6 is 0 Å². The van der Waals surface area contributed by atoms with Crippen molar-refractivity contribution in [1.82, 2.24) is 26.2 Å². The highest BCUT2D eigenvalue weighted by atomic mass is 16.6. The monoisotopic (exact) mass is 905 g/mol. The molecule has 16 heteroatoms. The minimum Gasteiger partial charge on any atom is -0.496 e. The fourth-order valence-corrected chi connectivity index (χ4v) is 8.37. The molecule has 4 aromatic carbocycles. The van der Waals surface area contributed by atoms with Crippen molar-refractivity contribution in [3.63, 3.8) is 0 Å². The molecule has 0 saturated heterocycles. The smallest absolute Gasteiger partial charge is 0.407 e. The Morgan fingerprint density at radius 3 is 2.02 bits per heavy atom. The Morgan fingerprint density at radius 2 is 1.39 bits per heavy atom. The van der Waals surface area contributed by atoms with E-state index in [0.29, 0.717) is 46.6 Å². The molecule has 1 heterocycles. The van der Waals surface area contributed by atoms with Crippen molar-refractivity contribution in [2.75, 3.05) is 41.5 Å². The van der Waals surface area contributed by atoms with Crippen LogP contribution in [0.4, 0.5) is 9.59 Å². The SMILES string of the molecule is COC(=O)[C@@H]1Cc2ccc(OC)c(c2)-c2cc(ccc2OC)[C@H](N(C)C(=O)[C@H](CCCCNC(=O)OC(C)(C)C)NC(=O)OCC2c3ccccc3-c3ccccc32)C(=O)N[C@@H](C)C(=O)N1. The zero-order chi connectivity index (χ0) is 47.7. The summed E-state index contributed by atoms with van der Waals surface area (Å²) in [6.45, 7) is 6.97. The predicted molar refractivity (Wildman–Crippen MR) is 246 cm³/mol. The van der Waals surface area contributed by atoms with E-state index >= 15 is 0 Å². The number of amides is 5. The number of nitrogens with one attached hydrogen (secondary N) is 4. The molecule has 4 bridgehead atoms. The van der Waals surface area contributed by atoms with E-state index in [-0.39, 0.29) is 31.9 Å². The van der Waals surface area contributed by atoms with Gasteiger partial charge in [-0.05, 0) is 105 Å². The molecule has 4 N–H and O–H groups in total. The van der Waals surface area contributed by atoms with Gasteiger partial charge in [-0.15, -0.1) is 0 Å². The second kappa shape index (κ2) is 21.3. The summed E-state index contributed by atoms with van der Waals surface area (Å²) in [6.07, 6.45) is -0.475. The number of alkyl carbamates (subject to hydrolysis) is 2. The van der Waals surface area contributed by atoms with Gasteiger partial charge in [0.2, 0.25) is 17.7 Å². The second-order valence-electron chi connectivity index (χ2n) is 17.3. The van der Waals surface area contributed by atoms with Crippen molar-refractivity contribution in [3.8, 4) is 33.8 Å². The van der Waals surface area contributed by atoms with Crippen molar-refractivity contribution in [1.29, 1.82) is 0 Å². The van der Waals surface area contributed by atoms with Gasteiger partial charge in [-0.3, -0.25) is 14.4 Å². The molecule has 4 atom stereocenters. The van der Waals surface area contributed by atoms with E-state index in [1.54, 1.807) is 57.2 Å². The number of carbonyl (C=O) groups is 6. The van der Waals surface area contributed by atoms with Crippen LogP contribution in [-0.4, -0.2) is 106 Å². The number of methoxy groups -OCH3 is 3. The van der Waals surface area contributed by atoms with Crippen molar-refractivity contribution in [2.24, 2.45) is 0 Å². The van der Waals surface area contributed by atoms with Gasteiger partial charge in [0, 0.05) is 37.1 Å². The molecule has 66 heavy (non-hydrogen) atoms. The molecule has 2 aliphatic rings. The van der Waals surface area contributed by atoms with E-state index in [1.807, 2.05) is 48.5 Å². The molecule has 16 nitrogen and oxygen atoms in total. The Hall–Kier alpha value is -7.10. The lowest BCUT2D eigenvalue weighted by atomic mass is 9.93. The molecule has 0 unspecified atom stereocenters. The number of ether oxygens (including phenoxy) is 5. The molecule has 0 fully saturated rings. The summed E-state index contributed by atoms with van der Waals surface area (Å²) < 4.78 is 27.8. The molecular weight excluding hydrogens is 847 g/mol. The van der Waals surface area contributed by atoms with Gasteiger partial charge in [-0.25, -0.2) is 14.4 Å². The number of fused-ring (bicyclic) bond motifs is 8. The highest BCUT2D eigenvalue weighted by Crippen LogP contribution is 2.45. The van der Waals surface area contributed by atoms with Crippen molar-refractivity contribution >= 4 is 35.9 Å². The minimum absolute atomic E-state index is 0.00246. The predicted octanol–water partition coefficient (Wildman–Crippen LogP) is 6.19. The van der Waals surface area contributed by atoms with E-state index in [2.05, 4.69) is 21.3 Å². The average molecular weight is 906 g/mol. The maximum absolute atomic E-state index is 14.9. The summed E-state index contributed by atoms with van der Waals surface area (Å²) in [4.78, 5) is 83.4. The van der Waals surface area contributed by atoms with Crippen molar-refractivity contribution < 1.29 is 52.5 Å². The van der Waals surface area contributed by atoms with E-state index < -0.39 is 65.6 Å². The lowest BCUT2D eigenvalue weighted by Gasteiger charge is -2.32. The number of esters is 1. The first-order valence-electron chi connectivity index (χ1n) is 21.9. The summed E-state index contributed by atoms with van der Waals surface area (Å²) in [5.41, 5.74) is 5.54. The van der Waals surface area contributed by atoms with Crippen molar-refractivity contribution in [2.45, 2.75) is 89.1 Å². The highest BCUT2D eigenvalue weighted by molar-refractivity contribution is 5.96. The lowest BCUT2D eigenvalue weighted by molar-refractivity contribution is -0.145. The molecule has 4 aromatic rings. The van der Waals surface area contributed by atoms with Crippen LogP contribution in [0.15, 0.2) is 84.9 Å². The number of benzene rings is 4. The zero-order valence-electron chi connectivity index (χ0n) is 38.7. The maximum atomic E-state index is 14.9. The average Bonchev–Trinajstić information content (AvgIpc) is 3.61. The van der Waals surface area contributed by atoms with Crippen LogP contribution in [0.3, 0.4) is 0 Å².